The summed E-state index contributed by atoms with van der Waals surface area (Å²) in [7, 11) is 1.91. The van der Waals surface area contributed by atoms with Crippen molar-refractivity contribution < 1.29 is 0 Å². The average molecular weight is 384 g/mol. The SMILES string of the molecule is CNc1cccc(-c2cccc(Nc3nc(=O)[nH]c4c3=CC=CCCC=4C)c2)c1. The Morgan fingerprint density at radius 1 is 1.03 bits per heavy atom. The van der Waals surface area contributed by atoms with Gasteiger partial charge in [-0.15, -0.1) is 0 Å². The number of hydrogen-bond acceptors (Lipinski definition) is 4. The molecule has 146 valence electrons. The molecule has 3 aromatic rings. The Balaban J connectivity index is 1.78. The Kier molecular flexibility index (Phi) is 5.29. The lowest BCUT2D eigenvalue weighted by Gasteiger charge is -2.11. The number of anilines is 3. The number of H-pyrrole nitrogens is 1. The lowest BCUT2D eigenvalue weighted by molar-refractivity contribution is 0.980. The molecule has 2 aromatic carbocycles. The second kappa shape index (κ2) is 8.19. The van der Waals surface area contributed by atoms with Gasteiger partial charge in [-0.2, -0.15) is 4.98 Å². The van der Waals surface area contributed by atoms with Gasteiger partial charge in [-0.05, 0) is 66.8 Å². The van der Waals surface area contributed by atoms with Crippen molar-refractivity contribution in [3.63, 3.8) is 0 Å². The molecule has 0 radical (unpaired) electrons. The minimum absolute atomic E-state index is 0.346. The summed E-state index contributed by atoms with van der Waals surface area (Å²) in [5.41, 5.74) is 4.96. The highest BCUT2D eigenvalue weighted by Gasteiger charge is 2.07. The summed E-state index contributed by atoms with van der Waals surface area (Å²) >= 11 is 0. The molecule has 5 heteroatoms. The van der Waals surface area contributed by atoms with Gasteiger partial charge in [0.05, 0.1) is 5.35 Å². The summed E-state index contributed by atoms with van der Waals surface area (Å²) in [6, 6.07) is 16.4. The first-order valence-corrected chi connectivity index (χ1v) is 9.76. The third kappa shape index (κ3) is 4.14. The number of aromatic amines is 1. The molecule has 0 unspecified atom stereocenters. The maximum atomic E-state index is 12.2. The fourth-order valence-electron chi connectivity index (χ4n) is 3.53. The Hall–Kier alpha value is -3.60. The molecule has 1 aliphatic carbocycles. The van der Waals surface area contributed by atoms with E-state index in [1.165, 1.54) is 0 Å². The van der Waals surface area contributed by atoms with Crippen LogP contribution in [0.5, 0.6) is 0 Å². The predicted molar refractivity (Wildman–Crippen MR) is 121 cm³/mol. The van der Waals surface area contributed by atoms with Crippen LogP contribution in [0.2, 0.25) is 0 Å². The summed E-state index contributed by atoms with van der Waals surface area (Å²) in [5, 5.41) is 8.29. The third-order valence-electron chi connectivity index (χ3n) is 5.09. The van der Waals surface area contributed by atoms with Gasteiger partial charge < -0.3 is 15.6 Å². The van der Waals surface area contributed by atoms with Crippen molar-refractivity contribution in [3.05, 3.63) is 81.7 Å². The minimum atomic E-state index is -0.346. The van der Waals surface area contributed by atoms with E-state index in [2.05, 4.69) is 57.9 Å². The van der Waals surface area contributed by atoms with Crippen LogP contribution >= 0.6 is 0 Å². The minimum Gasteiger partial charge on any atom is -0.388 e. The second-order valence-electron chi connectivity index (χ2n) is 7.13. The maximum absolute atomic E-state index is 12.2. The van der Waals surface area contributed by atoms with E-state index in [-0.39, 0.29) is 5.69 Å². The van der Waals surface area contributed by atoms with E-state index in [0.717, 1.165) is 51.5 Å². The lowest BCUT2D eigenvalue weighted by Crippen LogP contribution is -2.39. The summed E-state index contributed by atoms with van der Waals surface area (Å²) in [4.78, 5) is 19.3. The maximum Gasteiger partial charge on any atom is 0.347 e. The Morgan fingerprint density at radius 2 is 1.76 bits per heavy atom. The van der Waals surface area contributed by atoms with Gasteiger partial charge in [0.2, 0.25) is 0 Å². The van der Waals surface area contributed by atoms with Crippen molar-refractivity contribution >= 4 is 28.8 Å². The van der Waals surface area contributed by atoms with Crippen LogP contribution in [0.15, 0.2) is 65.5 Å². The van der Waals surface area contributed by atoms with Gasteiger partial charge in [0.25, 0.3) is 0 Å². The predicted octanol–water partition coefficient (Wildman–Crippen LogP) is 3.52. The molecule has 29 heavy (non-hydrogen) atoms. The molecule has 0 bridgehead atoms. The molecule has 0 amide bonds. The number of nitrogens with one attached hydrogen (secondary N) is 3. The van der Waals surface area contributed by atoms with E-state index in [1.807, 2.05) is 43.5 Å². The molecule has 4 rings (SSSR count). The highest BCUT2D eigenvalue weighted by molar-refractivity contribution is 5.73. The van der Waals surface area contributed by atoms with Gasteiger partial charge in [-0.1, -0.05) is 36.4 Å². The Morgan fingerprint density at radius 3 is 2.52 bits per heavy atom. The lowest BCUT2D eigenvalue weighted by atomic mass is 10.0. The molecule has 0 atom stereocenters. The zero-order valence-electron chi connectivity index (χ0n) is 16.6. The monoisotopic (exact) mass is 384 g/mol. The van der Waals surface area contributed by atoms with Gasteiger partial charge in [0, 0.05) is 23.6 Å². The Bertz CT molecular complexity index is 1250. The third-order valence-corrected chi connectivity index (χ3v) is 5.09. The first-order valence-electron chi connectivity index (χ1n) is 9.76. The quantitative estimate of drug-likeness (QED) is 0.644. The Labute approximate surface area is 169 Å². The number of nitrogens with zero attached hydrogens (tertiary/aromatic N) is 1. The highest BCUT2D eigenvalue weighted by Crippen LogP contribution is 2.25. The highest BCUT2D eigenvalue weighted by atomic mass is 16.1. The summed E-state index contributed by atoms with van der Waals surface area (Å²) in [6.07, 6.45) is 8.03. The zero-order chi connectivity index (χ0) is 20.2. The number of rotatable bonds is 4. The van der Waals surface area contributed by atoms with E-state index in [9.17, 15) is 4.79 Å². The molecule has 0 saturated carbocycles. The van der Waals surface area contributed by atoms with Crippen molar-refractivity contribution in [2.24, 2.45) is 0 Å². The molecule has 0 aliphatic heterocycles. The molecule has 1 heterocycles. The van der Waals surface area contributed by atoms with Crippen molar-refractivity contribution in [2.75, 3.05) is 17.7 Å². The van der Waals surface area contributed by atoms with Crippen molar-refractivity contribution in [1.82, 2.24) is 9.97 Å². The van der Waals surface area contributed by atoms with Gasteiger partial charge in [0.15, 0.2) is 0 Å². The van der Waals surface area contributed by atoms with Crippen LogP contribution in [0.25, 0.3) is 22.8 Å². The molecular weight excluding hydrogens is 360 g/mol. The number of hydrogen-bond donors (Lipinski definition) is 3. The van der Waals surface area contributed by atoms with E-state index in [0.29, 0.717) is 5.82 Å². The number of aromatic nitrogens is 2. The molecule has 0 saturated heterocycles. The largest absolute Gasteiger partial charge is 0.388 e. The van der Waals surface area contributed by atoms with Crippen molar-refractivity contribution in [2.45, 2.75) is 19.8 Å². The molecule has 1 aliphatic rings. The van der Waals surface area contributed by atoms with Crippen LogP contribution in [0.4, 0.5) is 17.2 Å². The summed E-state index contributed by atoms with van der Waals surface area (Å²) in [6.45, 7) is 2.06. The molecule has 1 aromatic heterocycles. The molecule has 0 spiro atoms. The van der Waals surface area contributed by atoms with E-state index in [4.69, 9.17) is 0 Å². The van der Waals surface area contributed by atoms with Crippen molar-refractivity contribution in [1.29, 1.82) is 0 Å². The van der Waals surface area contributed by atoms with Crippen LogP contribution in [-0.4, -0.2) is 17.0 Å². The standard InChI is InChI=1S/C24H24N4O/c1-16-8-4-3-5-13-21-22(16)27-24(29)28-23(21)26-20-12-7-10-18(15-20)17-9-6-11-19(14-17)25-2/h3,5-7,9-15,25H,4,8H2,1-2H3,(H2,26,27,28,29). The van der Waals surface area contributed by atoms with Gasteiger partial charge in [-0.3, -0.25) is 0 Å². The fraction of sp³-hybridized carbons (Fsp3) is 0.167. The summed E-state index contributed by atoms with van der Waals surface area (Å²) < 4.78 is 0. The zero-order valence-corrected chi connectivity index (χ0v) is 16.6. The van der Waals surface area contributed by atoms with E-state index in [1.54, 1.807) is 0 Å². The molecular formula is C24H24N4O. The smallest absolute Gasteiger partial charge is 0.347 e. The van der Waals surface area contributed by atoms with Crippen LogP contribution in [0, 0.1) is 0 Å². The number of allylic oxidation sites excluding steroid dienone is 2. The molecule has 0 fully saturated rings. The van der Waals surface area contributed by atoms with Gasteiger partial charge >= 0.3 is 5.69 Å². The topological polar surface area (TPSA) is 69.8 Å². The summed E-state index contributed by atoms with van der Waals surface area (Å²) in [5.74, 6) is 0.566. The van der Waals surface area contributed by atoms with Crippen LogP contribution < -0.4 is 26.9 Å². The normalized spacial score (nSPS) is 13.1. The van der Waals surface area contributed by atoms with Crippen LogP contribution in [0.3, 0.4) is 0 Å². The van der Waals surface area contributed by atoms with E-state index >= 15 is 0 Å². The van der Waals surface area contributed by atoms with Crippen LogP contribution in [-0.2, 0) is 0 Å². The second-order valence-corrected chi connectivity index (χ2v) is 7.13. The first kappa shape index (κ1) is 18.7. The molecule has 3 N–H and O–H groups in total. The first-order chi connectivity index (χ1) is 14.1. The van der Waals surface area contributed by atoms with Crippen LogP contribution in [0.1, 0.15) is 19.8 Å². The van der Waals surface area contributed by atoms with Gasteiger partial charge in [0.1, 0.15) is 5.82 Å². The van der Waals surface area contributed by atoms with E-state index < -0.39 is 0 Å². The van der Waals surface area contributed by atoms with Gasteiger partial charge in [-0.25, -0.2) is 4.79 Å². The number of benzene rings is 2. The molecule has 5 nitrogen and oxygen atoms in total. The average Bonchev–Trinajstić information content (AvgIpc) is 2.73. The van der Waals surface area contributed by atoms with Crippen molar-refractivity contribution in [3.8, 4) is 11.1 Å². The number of fused-ring (bicyclic) bond motifs is 1. The fourth-order valence-corrected chi connectivity index (χ4v) is 3.53.